The van der Waals surface area contributed by atoms with E-state index in [0.717, 1.165) is 0 Å². The summed E-state index contributed by atoms with van der Waals surface area (Å²) in [6.07, 6.45) is -0.575. The van der Waals surface area contributed by atoms with Crippen LogP contribution in [0, 0.1) is 11.8 Å². The van der Waals surface area contributed by atoms with Crippen molar-refractivity contribution in [3.63, 3.8) is 0 Å². The van der Waals surface area contributed by atoms with Crippen LogP contribution in [-0.2, 0) is 9.59 Å². The van der Waals surface area contributed by atoms with Gasteiger partial charge >= 0.3 is 5.97 Å². The summed E-state index contributed by atoms with van der Waals surface area (Å²) in [7, 11) is 0. The molecule has 236 valence electrons. The Hall–Kier alpha value is -4.82. The molecule has 0 radical (unpaired) electrons. The molecule has 0 aliphatic carbocycles. The molecule has 0 bridgehead atoms. The van der Waals surface area contributed by atoms with Crippen molar-refractivity contribution in [2.45, 2.75) is 32.4 Å². The Morgan fingerprint density at radius 1 is 0.909 bits per heavy atom. The van der Waals surface area contributed by atoms with Crippen LogP contribution in [0.15, 0.2) is 47.7 Å². The van der Waals surface area contributed by atoms with Crippen LogP contribution in [0.3, 0.4) is 0 Å². The molecule has 0 spiro atoms. The second kappa shape index (κ2) is 13.2. The van der Waals surface area contributed by atoms with E-state index in [0.29, 0.717) is 18.5 Å². The zero-order valence-electron chi connectivity index (χ0n) is 24.2. The van der Waals surface area contributed by atoms with Crippen molar-refractivity contribution in [3.8, 4) is 23.0 Å². The predicted molar refractivity (Wildman–Crippen MR) is 155 cm³/mol. The third-order valence-electron chi connectivity index (χ3n) is 8.08. The summed E-state index contributed by atoms with van der Waals surface area (Å²) in [4.78, 5) is 53.3. The van der Waals surface area contributed by atoms with E-state index in [1.54, 1.807) is 6.92 Å². The number of amides is 3. The van der Waals surface area contributed by atoms with E-state index in [9.17, 15) is 49.8 Å². The van der Waals surface area contributed by atoms with Gasteiger partial charge < -0.3 is 46.2 Å². The van der Waals surface area contributed by atoms with E-state index >= 15 is 0 Å². The minimum absolute atomic E-state index is 0.0733. The maximum atomic E-state index is 12.7. The molecule has 1 saturated heterocycles. The fraction of sp³-hybridized carbons (Fsp3) is 0.400. The third-order valence-corrected chi connectivity index (χ3v) is 8.08. The molecular formula is C30H36N4O10. The Labute approximate surface area is 252 Å². The number of rotatable bonds is 13. The van der Waals surface area contributed by atoms with Gasteiger partial charge in [0.05, 0.1) is 29.2 Å². The van der Waals surface area contributed by atoms with Gasteiger partial charge in [0.2, 0.25) is 5.91 Å². The lowest BCUT2D eigenvalue weighted by atomic mass is 9.77. The SMILES string of the molecule is C[C@@H](O)C1C(=O)N2C(C(=O)O)=C(CN(CCCNC(=O)c3cccc(O)c3O)CCNC(=O)c3cccc(O)c3O)[C@H](C)[C@H]12. The van der Waals surface area contributed by atoms with E-state index in [2.05, 4.69) is 10.6 Å². The number of para-hydroxylation sites is 2. The zero-order chi connectivity index (χ0) is 32.3. The average Bonchev–Trinajstić information content (AvgIpc) is 3.21. The van der Waals surface area contributed by atoms with Gasteiger partial charge in [-0.1, -0.05) is 19.1 Å². The second-order valence-electron chi connectivity index (χ2n) is 10.9. The van der Waals surface area contributed by atoms with Gasteiger partial charge in [-0.15, -0.1) is 0 Å². The van der Waals surface area contributed by atoms with Crippen LogP contribution in [-0.4, -0.2) is 109 Å². The van der Waals surface area contributed by atoms with Gasteiger partial charge in [0, 0.05) is 38.6 Å². The van der Waals surface area contributed by atoms with E-state index in [1.165, 1.54) is 48.2 Å². The standard InChI is InChI=1S/C30H36N4O10/c1-15-19(24(30(43)44)34-23(15)22(16(2)35)29(34)42)14-33(13-11-32-28(41)18-7-4-9-21(37)26(18)39)12-5-10-31-27(40)17-6-3-8-20(36)25(17)38/h3-4,6-9,15-16,22-23,35-39H,5,10-14H2,1-2H3,(H,31,40)(H,32,41)(H,43,44)/t15-,16+,22?,23+/m0/s1. The highest BCUT2D eigenvalue weighted by Gasteiger charge is 2.59. The number of phenolic OH excluding ortho intramolecular Hbond substituents is 4. The van der Waals surface area contributed by atoms with Crippen molar-refractivity contribution in [3.05, 3.63) is 58.8 Å². The normalized spacial score (nSPS) is 19.9. The Kier molecular flexibility index (Phi) is 9.65. The topological polar surface area (TPSA) is 220 Å². The molecule has 4 atom stereocenters. The molecule has 1 fully saturated rings. The van der Waals surface area contributed by atoms with Gasteiger partial charge in [0.1, 0.15) is 5.70 Å². The molecule has 14 nitrogen and oxygen atoms in total. The molecule has 14 heteroatoms. The summed E-state index contributed by atoms with van der Waals surface area (Å²) in [5.74, 6) is -6.02. The van der Waals surface area contributed by atoms with Gasteiger partial charge in [0.25, 0.3) is 11.8 Å². The van der Waals surface area contributed by atoms with Gasteiger partial charge in [-0.3, -0.25) is 19.3 Å². The molecule has 0 saturated carbocycles. The van der Waals surface area contributed by atoms with E-state index < -0.39 is 64.8 Å². The second-order valence-corrected chi connectivity index (χ2v) is 10.9. The Balaban J connectivity index is 1.46. The number of aliphatic hydroxyl groups excluding tert-OH is 1. The smallest absolute Gasteiger partial charge is 0.352 e. The van der Waals surface area contributed by atoms with Crippen molar-refractivity contribution >= 4 is 23.7 Å². The molecule has 4 rings (SSSR count). The number of carboxylic acid groups (broad SMARTS) is 1. The predicted octanol–water partition coefficient (Wildman–Crippen LogP) is 0.557. The first kappa shape index (κ1) is 32.1. The monoisotopic (exact) mass is 612 g/mol. The average molecular weight is 613 g/mol. The van der Waals surface area contributed by atoms with Crippen LogP contribution < -0.4 is 10.6 Å². The number of phenols is 4. The van der Waals surface area contributed by atoms with Crippen LogP contribution >= 0.6 is 0 Å². The van der Waals surface area contributed by atoms with Gasteiger partial charge in [-0.05, 0) is 43.2 Å². The molecule has 1 unspecified atom stereocenters. The summed E-state index contributed by atoms with van der Waals surface area (Å²) in [6, 6.07) is 7.52. The molecular weight excluding hydrogens is 576 g/mol. The fourth-order valence-corrected chi connectivity index (χ4v) is 5.82. The van der Waals surface area contributed by atoms with Crippen LogP contribution in [0.5, 0.6) is 23.0 Å². The number of aliphatic carboxylic acids is 1. The Morgan fingerprint density at radius 2 is 1.45 bits per heavy atom. The summed E-state index contributed by atoms with van der Waals surface area (Å²) < 4.78 is 0. The number of benzene rings is 2. The fourth-order valence-electron chi connectivity index (χ4n) is 5.82. The number of carbonyl (C=O) groups is 4. The highest BCUT2D eigenvalue weighted by molar-refractivity contribution is 6.00. The number of hydrogen-bond acceptors (Lipinski definition) is 10. The Bertz CT molecular complexity index is 1490. The van der Waals surface area contributed by atoms with Gasteiger partial charge in [0.15, 0.2) is 23.0 Å². The molecule has 2 aliphatic rings. The summed E-state index contributed by atoms with van der Waals surface area (Å²) in [5.41, 5.74) is 0.139. The minimum atomic E-state index is -1.27. The lowest BCUT2D eigenvalue weighted by Crippen LogP contribution is -2.63. The molecule has 44 heavy (non-hydrogen) atoms. The molecule has 3 amide bonds. The van der Waals surface area contributed by atoms with Crippen molar-refractivity contribution < 1.29 is 49.8 Å². The molecule has 8 N–H and O–H groups in total. The highest BCUT2D eigenvalue weighted by Crippen LogP contribution is 2.47. The van der Waals surface area contributed by atoms with Crippen molar-refractivity contribution in [2.24, 2.45) is 11.8 Å². The molecule has 2 heterocycles. The summed E-state index contributed by atoms with van der Waals surface area (Å²) in [6.45, 7) is 4.18. The van der Waals surface area contributed by atoms with Gasteiger partial charge in [-0.25, -0.2) is 4.79 Å². The molecule has 2 aromatic carbocycles. The number of β-lactam (4-membered cyclic amide) rings is 1. The van der Waals surface area contributed by atoms with Crippen LogP contribution in [0.2, 0.25) is 0 Å². The lowest BCUT2D eigenvalue weighted by Gasteiger charge is -2.46. The quantitative estimate of drug-likeness (QED) is 0.0887. The lowest BCUT2D eigenvalue weighted by molar-refractivity contribution is -0.163. The number of aromatic hydroxyl groups is 4. The molecule has 0 aromatic heterocycles. The number of nitrogens with zero attached hydrogens (tertiary/aromatic N) is 2. The van der Waals surface area contributed by atoms with Crippen molar-refractivity contribution in [1.29, 1.82) is 0 Å². The van der Waals surface area contributed by atoms with Gasteiger partial charge in [-0.2, -0.15) is 0 Å². The van der Waals surface area contributed by atoms with E-state index in [4.69, 9.17) is 0 Å². The zero-order valence-corrected chi connectivity index (χ0v) is 24.2. The largest absolute Gasteiger partial charge is 0.504 e. The highest BCUT2D eigenvalue weighted by atomic mass is 16.4. The van der Waals surface area contributed by atoms with Crippen LogP contribution in [0.25, 0.3) is 0 Å². The maximum Gasteiger partial charge on any atom is 0.352 e. The minimum Gasteiger partial charge on any atom is -0.504 e. The molecule has 2 aromatic rings. The molecule has 2 aliphatic heterocycles. The van der Waals surface area contributed by atoms with E-state index in [1.807, 2.05) is 4.90 Å². The number of fused-ring (bicyclic) bond motifs is 1. The first-order valence-electron chi connectivity index (χ1n) is 14.1. The number of hydrogen-bond donors (Lipinski definition) is 8. The van der Waals surface area contributed by atoms with Crippen molar-refractivity contribution in [2.75, 3.05) is 32.7 Å². The van der Waals surface area contributed by atoms with E-state index in [-0.39, 0.29) is 48.9 Å². The third kappa shape index (κ3) is 6.26. The number of nitrogens with one attached hydrogen (secondary N) is 2. The number of carbonyl (C=O) groups excluding carboxylic acids is 3. The van der Waals surface area contributed by atoms with Crippen molar-refractivity contribution in [1.82, 2.24) is 20.4 Å². The summed E-state index contributed by atoms with van der Waals surface area (Å²) in [5, 5.41) is 64.8. The maximum absolute atomic E-state index is 12.7. The summed E-state index contributed by atoms with van der Waals surface area (Å²) >= 11 is 0. The number of aliphatic hydroxyl groups is 1. The first-order chi connectivity index (χ1) is 20.8. The Morgan fingerprint density at radius 3 is 1.98 bits per heavy atom. The first-order valence-corrected chi connectivity index (χ1v) is 14.1. The van der Waals surface area contributed by atoms with Crippen LogP contribution in [0.4, 0.5) is 0 Å². The van der Waals surface area contributed by atoms with Crippen LogP contribution in [0.1, 0.15) is 41.0 Å². The number of carboxylic acids is 1.